The number of imidazole rings is 1. The van der Waals surface area contributed by atoms with E-state index in [1.165, 1.54) is 24.3 Å². The minimum atomic E-state index is -0.493. The van der Waals surface area contributed by atoms with Crippen molar-refractivity contribution in [3.63, 3.8) is 0 Å². The van der Waals surface area contributed by atoms with Gasteiger partial charge in [0.2, 0.25) is 12.1 Å². The molecule has 0 saturated carbocycles. The van der Waals surface area contributed by atoms with E-state index >= 15 is 0 Å². The number of carbonyl (C=O) groups excluding carboxylic acids is 2. The largest absolute Gasteiger partial charge is 1.00 e. The molecule has 0 radical (unpaired) electrons. The summed E-state index contributed by atoms with van der Waals surface area (Å²) < 4.78 is 8.91. The van der Waals surface area contributed by atoms with Crippen molar-refractivity contribution in [3.05, 3.63) is 58.2 Å². The molecule has 2 aromatic rings. The van der Waals surface area contributed by atoms with Gasteiger partial charge in [-0.3, -0.25) is 19.7 Å². The number of halogens is 1. The van der Waals surface area contributed by atoms with Gasteiger partial charge in [0.25, 0.3) is 5.69 Å². The molecule has 1 aliphatic heterocycles. The highest BCUT2D eigenvalue weighted by Crippen LogP contribution is 2.28. The highest BCUT2D eigenvalue weighted by Gasteiger charge is 2.36. The van der Waals surface area contributed by atoms with Crippen molar-refractivity contribution < 1.29 is 40.8 Å². The highest BCUT2D eigenvalue weighted by atomic mass is 79.9. The minimum Gasteiger partial charge on any atom is -1.00 e. The molecule has 9 heteroatoms. The van der Waals surface area contributed by atoms with Crippen LogP contribution in [0.15, 0.2) is 36.8 Å². The Morgan fingerprint density at radius 1 is 1.36 bits per heavy atom. The van der Waals surface area contributed by atoms with Gasteiger partial charge in [-0.25, -0.2) is 9.13 Å². The van der Waals surface area contributed by atoms with E-state index in [9.17, 15) is 19.7 Å². The fourth-order valence-electron chi connectivity index (χ4n) is 3.50. The Bertz CT molecular complexity index is 878. The average molecular weight is 452 g/mol. The second-order valence-corrected chi connectivity index (χ2v) is 6.86. The van der Waals surface area contributed by atoms with Crippen LogP contribution in [0.2, 0.25) is 0 Å². The number of ketones is 1. The monoisotopic (exact) mass is 451 g/mol. The lowest BCUT2D eigenvalue weighted by Gasteiger charge is -2.10. The van der Waals surface area contributed by atoms with Crippen LogP contribution in [0.25, 0.3) is 0 Å². The number of hydrogen-bond donors (Lipinski definition) is 0. The van der Waals surface area contributed by atoms with Crippen LogP contribution >= 0.6 is 0 Å². The summed E-state index contributed by atoms with van der Waals surface area (Å²) in [6.07, 6.45) is 5.20. The first kappa shape index (κ1) is 21.7. The molecular formula is C19H22BrN3O5. The van der Waals surface area contributed by atoms with Crippen LogP contribution < -0.4 is 21.5 Å². The lowest BCUT2D eigenvalue weighted by molar-refractivity contribution is -0.682. The number of nitrogens with zero attached hydrogens (tertiary/aromatic N) is 3. The van der Waals surface area contributed by atoms with Crippen LogP contribution in [0, 0.1) is 22.0 Å². The van der Waals surface area contributed by atoms with Gasteiger partial charge < -0.3 is 21.7 Å². The number of esters is 1. The normalized spacial score (nSPS) is 18.4. The summed E-state index contributed by atoms with van der Waals surface area (Å²) in [5.41, 5.74) is 1.41. The van der Waals surface area contributed by atoms with Crippen molar-refractivity contribution >= 4 is 17.4 Å². The van der Waals surface area contributed by atoms with E-state index in [-0.39, 0.29) is 52.8 Å². The Hall–Kier alpha value is -2.55. The quantitative estimate of drug-likeness (QED) is 0.174. The number of cyclic esters (lactones) is 1. The molecular weight excluding hydrogens is 430 g/mol. The Kier molecular flexibility index (Phi) is 7.06. The molecule has 2 heterocycles. The van der Waals surface area contributed by atoms with Crippen LogP contribution in [-0.4, -0.2) is 27.8 Å². The van der Waals surface area contributed by atoms with Gasteiger partial charge in [0.05, 0.1) is 24.5 Å². The van der Waals surface area contributed by atoms with Crippen molar-refractivity contribution in [3.8, 4) is 0 Å². The van der Waals surface area contributed by atoms with E-state index in [4.69, 9.17) is 4.74 Å². The van der Waals surface area contributed by atoms with Crippen molar-refractivity contribution in [2.75, 3.05) is 6.61 Å². The SMILES string of the molecule is CCC1C(=O)OCC1Cc1c[n+](CC(=O)c2ccc([N+](=O)[O-])cc2)cn1C.[Br-]. The molecule has 1 saturated heterocycles. The molecule has 1 aromatic heterocycles. The number of nitro benzene ring substituents is 1. The molecule has 0 aliphatic carbocycles. The van der Waals surface area contributed by atoms with E-state index in [2.05, 4.69) is 0 Å². The van der Waals surface area contributed by atoms with Gasteiger partial charge in [0.15, 0.2) is 6.54 Å². The zero-order valence-electron chi connectivity index (χ0n) is 15.7. The predicted molar refractivity (Wildman–Crippen MR) is 95.0 cm³/mol. The third kappa shape index (κ3) is 4.64. The zero-order valence-corrected chi connectivity index (χ0v) is 17.3. The van der Waals surface area contributed by atoms with Crippen LogP contribution in [0.4, 0.5) is 5.69 Å². The summed E-state index contributed by atoms with van der Waals surface area (Å²) in [4.78, 5) is 34.4. The number of aryl methyl sites for hydroxylation is 1. The number of hydrogen-bond acceptors (Lipinski definition) is 5. The Morgan fingerprint density at radius 3 is 2.64 bits per heavy atom. The number of nitro groups is 1. The molecule has 2 unspecified atom stereocenters. The fraction of sp³-hybridized carbons (Fsp3) is 0.421. The van der Waals surface area contributed by atoms with Gasteiger partial charge in [-0.1, -0.05) is 6.92 Å². The van der Waals surface area contributed by atoms with E-state index in [0.717, 1.165) is 12.1 Å². The minimum absolute atomic E-state index is 0. The van der Waals surface area contributed by atoms with Gasteiger partial charge in [-0.2, -0.15) is 0 Å². The summed E-state index contributed by atoms with van der Waals surface area (Å²) in [5, 5.41) is 10.7. The molecule has 3 rings (SSSR count). The molecule has 0 amide bonds. The molecule has 1 fully saturated rings. The number of ether oxygens (including phenoxy) is 1. The van der Waals surface area contributed by atoms with E-state index < -0.39 is 4.92 Å². The van der Waals surface area contributed by atoms with E-state index in [1.807, 2.05) is 31.1 Å². The fourth-order valence-corrected chi connectivity index (χ4v) is 3.50. The number of benzene rings is 1. The van der Waals surface area contributed by atoms with Gasteiger partial charge >= 0.3 is 5.97 Å². The van der Waals surface area contributed by atoms with Crippen molar-refractivity contribution in [2.45, 2.75) is 26.3 Å². The summed E-state index contributed by atoms with van der Waals surface area (Å²) in [5.74, 6) is -0.180. The van der Waals surface area contributed by atoms with Crippen molar-refractivity contribution in [2.24, 2.45) is 18.9 Å². The first-order valence-electron chi connectivity index (χ1n) is 8.87. The zero-order chi connectivity index (χ0) is 19.6. The third-order valence-electron chi connectivity index (χ3n) is 5.04. The maximum Gasteiger partial charge on any atom is 0.309 e. The molecule has 2 atom stereocenters. The first-order chi connectivity index (χ1) is 12.9. The second kappa shape index (κ2) is 9.09. The number of Topliss-reactive ketones (excluding diaryl/α,β-unsaturated/α-hetero) is 1. The lowest BCUT2D eigenvalue weighted by Crippen LogP contribution is -3.00. The summed E-state index contributed by atoms with van der Waals surface area (Å²) in [6, 6.07) is 5.60. The molecule has 0 bridgehead atoms. The Morgan fingerprint density at radius 2 is 2.04 bits per heavy atom. The third-order valence-corrected chi connectivity index (χ3v) is 5.04. The van der Waals surface area contributed by atoms with E-state index in [1.54, 1.807) is 4.57 Å². The standard InChI is InChI=1S/C19H22N3O5.BrH/c1-3-17-14(11-27-19(17)24)8-16-9-21(12-20(16)2)10-18(23)13-4-6-15(7-5-13)22(25)26;/h4-7,9,12,14,17H,3,8,10-11H2,1-2H3;1H/q+1;/p-1. The molecule has 28 heavy (non-hydrogen) atoms. The highest BCUT2D eigenvalue weighted by molar-refractivity contribution is 5.95. The molecule has 8 nitrogen and oxygen atoms in total. The first-order valence-corrected chi connectivity index (χ1v) is 8.87. The van der Waals surface area contributed by atoms with Crippen molar-refractivity contribution in [1.29, 1.82) is 0 Å². The number of aromatic nitrogens is 2. The number of carbonyl (C=O) groups is 2. The van der Waals surface area contributed by atoms with Crippen LogP contribution in [0.5, 0.6) is 0 Å². The number of non-ortho nitro benzene ring substituents is 1. The molecule has 0 spiro atoms. The summed E-state index contributed by atoms with van der Waals surface area (Å²) >= 11 is 0. The van der Waals surface area contributed by atoms with Crippen LogP contribution in [0.3, 0.4) is 0 Å². The van der Waals surface area contributed by atoms with Gasteiger partial charge in [0, 0.05) is 30.0 Å². The predicted octanol–water partition coefficient (Wildman–Crippen LogP) is -1.15. The molecule has 1 aromatic carbocycles. The molecule has 150 valence electrons. The smallest absolute Gasteiger partial charge is 0.309 e. The summed E-state index contributed by atoms with van der Waals surface area (Å²) in [7, 11) is 1.90. The molecule has 1 aliphatic rings. The lowest BCUT2D eigenvalue weighted by atomic mass is 9.89. The van der Waals surface area contributed by atoms with Gasteiger partial charge in [-0.15, -0.1) is 0 Å². The molecule has 0 N–H and O–H groups in total. The maximum absolute atomic E-state index is 12.4. The topological polar surface area (TPSA) is 95.3 Å². The Labute approximate surface area is 173 Å². The van der Waals surface area contributed by atoms with E-state index in [0.29, 0.717) is 18.6 Å². The van der Waals surface area contributed by atoms with Crippen LogP contribution in [-0.2, 0) is 29.5 Å². The second-order valence-electron chi connectivity index (χ2n) is 6.86. The number of rotatable bonds is 7. The Balaban J connectivity index is 0.00000280. The summed E-state index contributed by atoms with van der Waals surface area (Å²) in [6.45, 7) is 2.56. The van der Waals surface area contributed by atoms with Gasteiger partial charge in [0.1, 0.15) is 11.9 Å². The van der Waals surface area contributed by atoms with Crippen LogP contribution in [0.1, 0.15) is 29.4 Å². The van der Waals surface area contributed by atoms with Gasteiger partial charge in [-0.05, 0) is 18.6 Å². The average Bonchev–Trinajstić information content (AvgIpc) is 3.17. The van der Waals surface area contributed by atoms with Crippen molar-refractivity contribution in [1.82, 2.24) is 4.57 Å². The maximum atomic E-state index is 12.4.